The molecule has 0 aliphatic carbocycles. The Morgan fingerprint density at radius 2 is 2.00 bits per heavy atom. The average Bonchev–Trinajstić information content (AvgIpc) is 2.46. The Morgan fingerprint density at radius 3 is 2.50 bits per heavy atom. The van der Waals surface area contributed by atoms with E-state index in [4.69, 9.17) is 14.6 Å². The van der Waals surface area contributed by atoms with Crippen LogP contribution in [-0.2, 0) is 9.47 Å². The monoisotopic (exact) mass is 208 g/mol. The van der Waals surface area contributed by atoms with Crippen LogP contribution in [0.4, 0.5) is 0 Å². The lowest BCUT2D eigenvalue weighted by atomic mass is 10.1. The molecular weight excluding hydrogens is 192 g/mol. The summed E-state index contributed by atoms with van der Waals surface area (Å²) in [6.07, 6.45) is -5.60. The summed E-state index contributed by atoms with van der Waals surface area (Å²) in [5.41, 5.74) is 0. The molecule has 0 spiro atoms. The Labute approximate surface area is 81.7 Å². The van der Waals surface area contributed by atoms with E-state index in [0.29, 0.717) is 6.61 Å². The number of hydrogen-bond acceptors (Lipinski definition) is 6. The summed E-state index contributed by atoms with van der Waals surface area (Å²) in [5, 5.41) is 36.7. The molecule has 0 bridgehead atoms. The first-order chi connectivity index (χ1) is 6.61. The van der Waals surface area contributed by atoms with E-state index in [1.807, 2.05) is 0 Å². The van der Waals surface area contributed by atoms with Crippen molar-refractivity contribution in [3.63, 3.8) is 0 Å². The Kier molecular flexibility index (Phi) is 4.24. The molecule has 4 N–H and O–H groups in total. The number of aliphatic hydroxyl groups is 4. The van der Waals surface area contributed by atoms with Crippen molar-refractivity contribution < 1.29 is 29.9 Å². The van der Waals surface area contributed by atoms with Crippen LogP contribution in [0, 0.1) is 0 Å². The highest BCUT2D eigenvalue weighted by Crippen LogP contribution is 2.24. The topological polar surface area (TPSA) is 99.4 Å². The van der Waals surface area contributed by atoms with Crippen molar-refractivity contribution in [1.29, 1.82) is 0 Å². The molecule has 0 radical (unpaired) electrons. The largest absolute Gasteiger partial charge is 0.394 e. The van der Waals surface area contributed by atoms with Crippen LogP contribution in [0.5, 0.6) is 0 Å². The second kappa shape index (κ2) is 5.01. The van der Waals surface area contributed by atoms with Crippen LogP contribution in [0.2, 0.25) is 0 Å². The number of ether oxygens (including phenoxy) is 2. The average molecular weight is 208 g/mol. The van der Waals surface area contributed by atoms with Crippen molar-refractivity contribution in [3.05, 3.63) is 0 Å². The maximum absolute atomic E-state index is 9.43. The molecule has 6 nitrogen and oxygen atoms in total. The van der Waals surface area contributed by atoms with Gasteiger partial charge in [0.15, 0.2) is 6.29 Å². The highest BCUT2D eigenvalue weighted by molar-refractivity contribution is 4.90. The molecule has 0 aromatic rings. The highest BCUT2D eigenvalue weighted by atomic mass is 16.7. The summed E-state index contributed by atoms with van der Waals surface area (Å²) >= 11 is 0. The molecule has 0 aromatic carbocycles. The summed E-state index contributed by atoms with van der Waals surface area (Å²) < 4.78 is 10.0. The molecule has 1 heterocycles. The standard InChI is InChI=1S/C8H16O6/c1-2-13-8-6(12)5(11)7(14-8)4(10)3-9/h4-12H,2-3H2,1H3/t4-,5+,6+,7+,8-/m1/s1. The maximum Gasteiger partial charge on any atom is 0.186 e. The normalized spacial score (nSPS) is 40.1. The van der Waals surface area contributed by atoms with Crippen molar-refractivity contribution in [2.24, 2.45) is 0 Å². The van der Waals surface area contributed by atoms with Gasteiger partial charge in [0, 0.05) is 6.61 Å². The molecule has 1 aliphatic heterocycles. The minimum atomic E-state index is -1.24. The molecule has 0 aromatic heterocycles. The minimum absolute atomic E-state index is 0.330. The number of aliphatic hydroxyl groups excluding tert-OH is 4. The number of rotatable bonds is 4. The summed E-state index contributed by atoms with van der Waals surface area (Å²) in [6, 6.07) is 0. The molecule has 84 valence electrons. The van der Waals surface area contributed by atoms with Gasteiger partial charge in [-0.15, -0.1) is 0 Å². The van der Waals surface area contributed by atoms with Crippen LogP contribution in [0.1, 0.15) is 6.92 Å². The van der Waals surface area contributed by atoms with E-state index in [9.17, 15) is 15.3 Å². The van der Waals surface area contributed by atoms with E-state index in [1.165, 1.54) is 0 Å². The lowest BCUT2D eigenvalue weighted by molar-refractivity contribution is -0.178. The first-order valence-corrected chi connectivity index (χ1v) is 4.54. The van der Waals surface area contributed by atoms with E-state index in [2.05, 4.69) is 0 Å². The van der Waals surface area contributed by atoms with Gasteiger partial charge in [0.25, 0.3) is 0 Å². The molecule has 5 atom stereocenters. The molecular formula is C8H16O6. The first-order valence-electron chi connectivity index (χ1n) is 4.54. The second-order valence-electron chi connectivity index (χ2n) is 3.16. The third-order valence-electron chi connectivity index (χ3n) is 2.15. The molecule has 1 rings (SSSR count). The van der Waals surface area contributed by atoms with Crippen LogP contribution in [0.3, 0.4) is 0 Å². The minimum Gasteiger partial charge on any atom is -0.394 e. The van der Waals surface area contributed by atoms with Crippen LogP contribution in [0.15, 0.2) is 0 Å². The van der Waals surface area contributed by atoms with Crippen molar-refractivity contribution in [2.45, 2.75) is 37.6 Å². The Bertz CT molecular complexity index is 173. The second-order valence-corrected chi connectivity index (χ2v) is 3.16. The summed E-state index contributed by atoms with van der Waals surface area (Å²) in [5.74, 6) is 0. The Morgan fingerprint density at radius 1 is 1.36 bits per heavy atom. The molecule has 0 saturated carbocycles. The maximum atomic E-state index is 9.43. The van der Waals surface area contributed by atoms with Gasteiger partial charge in [-0.3, -0.25) is 0 Å². The third kappa shape index (κ3) is 2.22. The number of hydrogen-bond donors (Lipinski definition) is 4. The summed E-state index contributed by atoms with van der Waals surface area (Å²) in [4.78, 5) is 0. The summed E-state index contributed by atoms with van der Waals surface area (Å²) in [7, 11) is 0. The fraction of sp³-hybridized carbons (Fsp3) is 1.00. The van der Waals surface area contributed by atoms with E-state index in [-0.39, 0.29) is 0 Å². The van der Waals surface area contributed by atoms with Crippen molar-refractivity contribution in [1.82, 2.24) is 0 Å². The SMILES string of the molecule is CCO[C@@H]1O[C@@H]([C@H](O)CO)[C@@H](O)[C@@H]1O. The van der Waals surface area contributed by atoms with Gasteiger partial charge in [-0.1, -0.05) is 0 Å². The van der Waals surface area contributed by atoms with Gasteiger partial charge in [-0.2, -0.15) is 0 Å². The van der Waals surface area contributed by atoms with Gasteiger partial charge in [0.05, 0.1) is 6.61 Å². The van der Waals surface area contributed by atoms with Gasteiger partial charge in [-0.05, 0) is 6.92 Å². The molecule has 1 fully saturated rings. The summed E-state index contributed by atoms with van der Waals surface area (Å²) in [6.45, 7) is 1.52. The Hall–Kier alpha value is -0.240. The van der Waals surface area contributed by atoms with Crippen molar-refractivity contribution >= 4 is 0 Å². The zero-order chi connectivity index (χ0) is 10.7. The molecule has 0 unspecified atom stereocenters. The fourth-order valence-corrected chi connectivity index (χ4v) is 1.40. The van der Waals surface area contributed by atoms with Gasteiger partial charge in [0.2, 0.25) is 0 Å². The highest BCUT2D eigenvalue weighted by Gasteiger charge is 2.46. The van der Waals surface area contributed by atoms with Crippen LogP contribution < -0.4 is 0 Å². The molecule has 14 heavy (non-hydrogen) atoms. The van der Waals surface area contributed by atoms with Gasteiger partial charge < -0.3 is 29.9 Å². The van der Waals surface area contributed by atoms with Crippen LogP contribution in [-0.4, -0.2) is 64.3 Å². The van der Waals surface area contributed by atoms with Crippen LogP contribution in [0.25, 0.3) is 0 Å². The van der Waals surface area contributed by atoms with E-state index in [1.54, 1.807) is 6.92 Å². The predicted octanol–water partition coefficient (Wildman–Crippen LogP) is -2.18. The molecule has 1 aliphatic rings. The smallest absolute Gasteiger partial charge is 0.186 e. The zero-order valence-corrected chi connectivity index (χ0v) is 7.91. The molecule has 6 heteroatoms. The van der Waals surface area contributed by atoms with Crippen molar-refractivity contribution in [3.8, 4) is 0 Å². The molecule has 1 saturated heterocycles. The lowest BCUT2D eigenvalue weighted by Crippen LogP contribution is -2.40. The zero-order valence-electron chi connectivity index (χ0n) is 7.91. The Balaban J connectivity index is 2.57. The van der Waals surface area contributed by atoms with Gasteiger partial charge in [-0.25, -0.2) is 0 Å². The van der Waals surface area contributed by atoms with E-state index >= 15 is 0 Å². The first kappa shape index (κ1) is 11.8. The van der Waals surface area contributed by atoms with E-state index in [0.717, 1.165) is 0 Å². The van der Waals surface area contributed by atoms with Gasteiger partial charge >= 0.3 is 0 Å². The van der Waals surface area contributed by atoms with Gasteiger partial charge in [0.1, 0.15) is 24.4 Å². The van der Waals surface area contributed by atoms with Crippen LogP contribution >= 0.6 is 0 Å². The van der Waals surface area contributed by atoms with Crippen molar-refractivity contribution in [2.75, 3.05) is 13.2 Å². The van der Waals surface area contributed by atoms with E-state index < -0.39 is 37.3 Å². The lowest BCUT2D eigenvalue weighted by Gasteiger charge is -2.18. The molecule has 0 amide bonds. The quantitative estimate of drug-likeness (QED) is 0.419. The fourth-order valence-electron chi connectivity index (χ4n) is 1.40. The third-order valence-corrected chi connectivity index (χ3v) is 2.15. The predicted molar refractivity (Wildman–Crippen MR) is 45.4 cm³/mol.